The number of amides is 1. The molecule has 0 bridgehead atoms. The lowest BCUT2D eigenvalue weighted by atomic mass is 10.0. The van der Waals surface area contributed by atoms with Gasteiger partial charge in [0.25, 0.3) is 0 Å². The number of carboxylic acid groups (broad SMARTS) is 1. The molecule has 0 aliphatic heterocycles. The molecule has 0 heterocycles. The molecule has 0 unspecified atom stereocenters. The minimum atomic E-state index is -0.744. The van der Waals surface area contributed by atoms with E-state index in [0.29, 0.717) is 12.3 Å². The second-order valence-electron chi connectivity index (χ2n) is 6.00. The first-order valence-electron chi connectivity index (χ1n) is 6.00. The molecule has 5 heteroatoms. The third kappa shape index (κ3) is 2.70. The van der Waals surface area contributed by atoms with Crippen molar-refractivity contribution in [2.45, 2.75) is 45.3 Å². The number of carboxylic acids is 1. The third-order valence-electron chi connectivity index (χ3n) is 3.45. The summed E-state index contributed by atoms with van der Waals surface area (Å²) in [5, 5.41) is 11.8. The van der Waals surface area contributed by atoms with Crippen LogP contribution < -0.4 is 5.32 Å². The van der Waals surface area contributed by atoms with Crippen LogP contribution in [0.2, 0.25) is 0 Å². The van der Waals surface area contributed by atoms with Gasteiger partial charge in [-0.05, 0) is 45.4 Å². The second kappa shape index (κ2) is 3.89. The van der Waals surface area contributed by atoms with Gasteiger partial charge >= 0.3 is 12.1 Å². The molecule has 17 heavy (non-hydrogen) atoms. The SMILES string of the molecule is CC(C)(C)OC(=O)N[C@@H]1C[C@H](C(=O)O)[C@@H]2C[C@@H]21. The van der Waals surface area contributed by atoms with E-state index in [0.717, 1.165) is 6.42 Å². The van der Waals surface area contributed by atoms with Crippen molar-refractivity contribution in [1.29, 1.82) is 0 Å². The molecule has 5 nitrogen and oxygen atoms in total. The van der Waals surface area contributed by atoms with Crippen molar-refractivity contribution in [2.24, 2.45) is 17.8 Å². The minimum Gasteiger partial charge on any atom is -0.481 e. The van der Waals surface area contributed by atoms with Crippen LogP contribution >= 0.6 is 0 Å². The van der Waals surface area contributed by atoms with E-state index >= 15 is 0 Å². The quantitative estimate of drug-likeness (QED) is 0.770. The molecule has 0 saturated heterocycles. The number of ether oxygens (including phenoxy) is 1. The van der Waals surface area contributed by atoms with Crippen molar-refractivity contribution < 1.29 is 19.4 Å². The Labute approximate surface area is 101 Å². The molecule has 0 spiro atoms. The molecular weight excluding hydrogens is 222 g/mol. The van der Waals surface area contributed by atoms with E-state index in [2.05, 4.69) is 5.32 Å². The highest BCUT2D eigenvalue weighted by atomic mass is 16.6. The first-order valence-corrected chi connectivity index (χ1v) is 6.00. The number of aliphatic carboxylic acids is 1. The van der Waals surface area contributed by atoms with Gasteiger partial charge in [0.2, 0.25) is 0 Å². The number of hydrogen-bond acceptors (Lipinski definition) is 3. The lowest BCUT2D eigenvalue weighted by Gasteiger charge is -2.22. The molecule has 2 N–H and O–H groups in total. The van der Waals surface area contributed by atoms with Crippen LogP contribution in [-0.4, -0.2) is 28.8 Å². The van der Waals surface area contributed by atoms with E-state index in [-0.39, 0.29) is 17.9 Å². The van der Waals surface area contributed by atoms with Crippen LogP contribution in [0, 0.1) is 17.8 Å². The van der Waals surface area contributed by atoms with Gasteiger partial charge in [-0.1, -0.05) is 0 Å². The van der Waals surface area contributed by atoms with Crippen molar-refractivity contribution in [3.63, 3.8) is 0 Å². The van der Waals surface area contributed by atoms with E-state index in [1.165, 1.54) is 0 Å². The molecule has 2 saturated carbocycles. The topological polar surface area (TPSA) is 75.6 Å². The number of carbonyl (C=O) groups is 2. The van der Waals surface area contributed by atoms with Crippen molar-refractivity contribution in [3.05, 3.63) is 0 Å². The Morgan fingerprint density at radius 3 is 2.35 bits per heavy atom. The Balaban J connectivity index is 1.86. The smallest absolute Gasteiger partial charge is 0.407 e. The van der Waals surface area contributed by atoms with Crippen LogP contribution in [0.15, 0.2) is 0 Å². The van der Waals surface area contributed by atoms with Gasteiger partial charge in [-0.3, -0.25) is 4.79 Å². The van der Waals surface area contributed by atoms with Crippen molar-refractivity contribution >= 4 is 12.1 Å². The minimum absolute atomic E-state index is 0.0315. The van der Waals surface area contributed by atoms with E-state index in [4.69, 9.17) is 9.84 Å². The first kappa shape index (κ1) is 12.2. The monoisotopic (exact) mass is 241 g/mol. The summed E-state index contributed by atoms with van der Waals surface area (Å²) in [6, 6.07) is -0.0315. The summed E-state index contributed by atoms with van der Waals surface area (Å²) >= 11 is 0. The number of fused-ring (bicyclic) bond motifs is 1. The maximum Gasteiger partial charge on any atom is 0.407 e. The van der Waals surface area contributed by atoms with E-state index in [1.807, 2.05) is 0 Å². The van der Waals surface area contributed by atoms with E-state index in [9.17, 15) is 9.59 Å². The van der Waals surface area contributed by atoms with Crippen LogP contribution in [0.1, 0.15) is 33.6 Å². The van der Waals surface area contributed by atoms with Crippen molar-refractivity contribution in [3.8, 4) is 0 Å². The molecule has 0 aromatic heterocycles. The average Bonchev–Trinajstić information content (AvgIpc) is 2.82. The molecule has 0 aromatic rings. The number of hydrogen-bond donors (Lipinski definition) is 2. The van der Waals surface area contributed by atoms with Crippen LogP contribution in [-0.2, 0) is 9.53 Å². The fourth-order valence-corrected chi connectivity index (χ4v) is 2.69. The Hall–Kier alpha value is -1.26. The first-order chi connectivity index (χ1) is 7.78. The molecule has 2 aliphatic rings. The summed E-state index contributed by atoms with van der Waals surface area (Å²) in [4.78, 5) is 22.5. The summed E-state index contributed by atoms with van der Waals surface area (Å²) < 4.78 is 5.16. The molecule has 4 atom stereocenters. The summed E-state index contributed by atoms with van der Waals surface area (Å²) in [6.45, 7) is 5.42. The van der Waals surface area contributed by atoms with Gasteiger partial charge in [-0.15, -0.1) is 0 Å². The second-order valence-corrected chi connectivity index (χ2v) is 6.00. The summed E-state index contributed by atoms with van der Waals surface area (Å²) in [5.74, 6) is -0.443. The summed E-state index contributed by atoms with van der Waals surface area (Å²) in [5.41, 5.74) is -0.516. The molecule has 1 amide bonds. The zero-order valence-electron chi connectivity index (χ0n) is 10.4. The highest BCUT2D eigenvalue weighted by Gasteiger charge is 2.57. The fourth-order valence-electron chi connectivity index (χ4n) is 2.69. The van der Waals surface area contributed by atoms with E-state index < -0.39 is 17.7 Å². The number of rotatable bonds is 2. The van der Waals surface area contributed by atoms with Crippen molar-refractivity contribution in [2.75, 3.05) is 0 Å². The average molecular weight is 241 g/mol. The van der Waals surface area contributed by atoms with Gasteiger partial charge in [-0.2, -0.15) is 0 Å². The number of carbonyl (C=O) groups excluding carboxylic acids is 1. The lowest BCUT2D eigenvalue weighted by molar-refractivity contribution is -0.142. The summed E-state index contributed by atoms with van der Waals surface area (Å²) in [6.07, 6.45) is 1.00. The molecule has 0 radical (unpaired) electrons. The lowest BCUT2D eigenvalue weighted by Crippen LogP contribution is -2.39. The van der Waals surface area contributed by atoms with Gasteiger partial charge in [0.05, 0.1) is 5.92 Å². The molecule has 2 aliphatic carbocycles. The van der Waals surface area contributed by atoms with Crippen molar-refractivity contribution in [1.82, 2.24) is 5.32 Å². The third-order valence-corrected chi connectivity index (χ3v) is 3.45. The zero-order valence-corrected chi connectivity index (χ0v) is 10.4. The number of nitrogens with one attached hydrogen (secondary N) is 1. The maximum atomic E-state index is 11.6. The number of alkyl carbamates (subject to hydrolysis) is 1. The van der Waals surface area contributed by atoms with Crippen LogP contribution in [0.4, 0.5) is 4.79 Å². The zero-order chi connectivity index (χ0) is 12.8. The normalized spacial score (nSPS) is 35.0. The molecule has 2 fully saturated rings. The highest BCUT2D eigenvalue weighted by Crippen LogP contribution is 2.55. The Kier molecular flexibility index (Phi) is 2.79. The highest BCUT2D eigenvalue weighted by molar-refractivity contribution is 5.73. The largest absolute Gasteiger partial charge is 0.481 e. The molecule has 0 aromatic carbocycles. The van der Waals surface area contributed by atoms with Crippen LogP contribution in [0.25, 0.3) is 0 Å². The van der Waals surface area contributed by atoms with E-state index in [1.54, 1.807) is 20.8 Å². The van der Waals surface area contributed by atoms with Crippen LogP contribution in [0.5, 0.6) is 0 Å². The van der Waals surface area contributed by atoms with Crippen LogP contribution in [0.3, 0.4) is 0 Å². The fraction of sp³-hybridized carbons (Fsp3) is 0.833. The standard InChI is InChI=1S/C12H19NO4/c1-12(2,3)17-11(16)13-9-5-8(10(14)15)6-4-7(6)9/h6-9H,4-5H2,1-3H3,(H,13,16)(H,14,15)/t6-,7+,8+,9-/m1/s1. The molecular formula is C12H19NO4. The van der Waals surface area contributed by atoms with Gasteiger partial charge in [0.1, 0.15) is 5.60 Å². The van der Waals surface area contributed by atoms with Gasteiger partial charge in [-0.25, -0.2) is 4.79 Å². The Morgan fingerprint density at radius 1 is 1.24 bits per heavy atom. The van der Waals surface area contributed by atoms with Gasteiger partial charge in [0, 0.05) is 6.04 Å². The Bertz CT molecular complexity index is 347. The maximum absolute atomic E-state index is 11.6. The predicted octanol–water partition coefficient (Wildman–Crippen LogP) is 1.62. The summed E-state index contributed by atoms with van der Waals surface area (Å²) in [7, 11) is 0. The van der Waals surface area contributed by atoms with Gasteiger partial charge in [0.15, 0.2) is 0 Å². The predicted molar refractivity (Wildman–Crippen MR) is 60.5 cm³/mol. The Morgan fingerprint density at radius 2 is 1.88 bits per heavy atom. The molecule has 96 valence electrons. The van der Waals surface area contributed by atoms with Gasteiger partial charge < -0.3 is 15.2 Å². The molecule has 2 rings (SSSR count).